The summed E-state index contributed by atoms with van der Waals surface area (Å²) in [5, 5.41) is 0.348. The van der Waals surface area contributed by atoms with Gasteiger partial charge in [0.15, 0.2) is 0 Å². The number of rotatable bonds is 3. The Morgan fingerprint density at radius 1 is 1.25 bits per heavy atom. The van der Waals surface area contributed by atoms with Crippen LogP contribution in [-0.2, 0) is 6.42 Å². The molecule has 0 radical (unpaired) electrons. The SMILES string of the molecule is CCc1ccc(-c2cc(C(=O)Cl)c3ccccc3n2)s1. The Kier molecular flexibility index (Phi) is 3.55. The lowest BCUT2D eigenvalue weighted by molar-refractivity contribution is 0.108. The van der Waals surface area contributed by atoms with Gasteiger partial charge in [-0.2, -0.15) is 0 Å². The highest BCUT2D eigenvalue weighted by molar-refractivity contribution is 7.15. The normalized spacial score (nSPS) is 10.9. The summed E-state index contributed by atoms with van der Waals surface area (Å²) in [5.74, 6) is 0. The van der Waals surface area contributed by atoms with Crippen LogP contribution in [0.4, 0.5) is 0 Å². The zero-order chi connectivity index (χ0) is 14.1. The number of carbonyl (C=O) groups excluding carboxylic acids is 1. The lowest BCUT2D eigenvalue weighted by Crippen LogP contribution is -1.94. The van der Waals surface area contributed by atoms with Gasteiger partial charge in [0.1, 0.15) is 0 Å². The van der Waals surface area contributed by atoms with Gasteiger partial charge < -0.3 is 0 Å². The molecule has 4 heteroatoms. The van der Waals surface area contributed by atoms with E-state index in [0.717, 1.165) is 27.9 Å². The molecule has 0 unspecified atom stereocenters. The number of carbonyl (C=O) groups is 1. The number of halogens is 1. The van der Waals surface area contributed by atoms with Crippen LogP contribution < -0.4 is 0 Å². The molecule has 0 saturated heterocycles. The second-order valence-corrected chi connectivity index (χ2v) is 5.98. The number of thiophene rings is 1. The Hall–Kier alpha value is -1.71. The monoisotopic (exact) mass is 301 g/mol. The van der Waals surface area contributed by atoms with Crippen LogP contribution in [0.2, 0.25) is 0 Å². The Morgan fingerprint density at radius 2 is 2.05 bits per heavy atom. The smallest absolute Gasteiger partial charge is 0.253 e. The van der Waals surface area contributed by atoms with E-state index in [1.54, 1.807) is 17.4 Å². The summed E-state index contributed by atoms with van der Waals surface area (Å²) >= 11 is 7.41. The minimum absolute atomic E-state index is 0.447. The van der Waals surface area contributed by atoms with Crippen molar-refractivity contribution in [3.8, 4) is 10.6 Å². The van der Waals surface area contributed by atoms with E-state index in [2.05, 4.69) is 18.0 Å². The Morgan fingerprint density at radius 3 is 2.75 bits per heavy atom. The molecule has 1 aromatic carbocycles. The van der Waals surface area contributed by atoms with Crippen molar-refractivity contribution in [3.63, 3.8) is 0 Å². The van der Waals surface area contributed by atoms with Crippen molar-refractivity contribution in [1.82, 2.24) is 4.98 Å². The van der Waals surface area contributed by atoms with Gasteiger partial charge in [-0.3, -0.25) is 4.79 Å². The maximum Gasteiger partial charge on any atom is 0.253 e. The standard InChI is InChI=1S/C16H12ClNOS/c1-2-10-7-8-15(20-10)14-9-12(16(17)19)11-5-3-4-6-13(11)18-14/h3-9H,2H2,1H3. The van der Waals surface area contributed by atoms with Crippen molar-refractivity contribution in [1.29, 1.82) is 0 Å². The van der Waals surface area contributed by atoms with Crippen LogP contribution in [0, 0.1) is 0 Å². The zero-order valence-corrected chi connectivity index (χ0v) is 12.5. The first-order valence-corrected chi connectivity index (χ1v) is 7.57. The van der Waals surface area contributed by atoms with E-state index >= 15 is 0 Å². The van der Waals surface area contributed by atoms with E-state index < -0.39 is 5.24 Å². The van der Waals surface area contributed by atoms with Crippen LogP contribution in [0.5, 0.6) is 0 Å². The van der Waals surface area contributed by atoms with Crippen LogP contribution in [0.3, 0.4) is 0 Å². The van der Waals surface area contributed by atoms with Crippen LogP contribution in [0.1, 0.15) is 22.2 Å². The molecular weight excluding hydrogens is 290 g/mol. The molecule has 0 aliphatic heterocycles. The van der Waals surface area contributed by atoms with Crippen LogP contribution in [-0.4, -0.2) is 10.2 Å². The molecule has 0 spiro atoms. The molecule has 100 valence electrons. The zero-order valence-electron chi connectivity index (χ0n) is 10.9. The molecule has 0 N–H and O–H groups in total. The van der Waals surface area contributed by atoms with Gasteiger partial charge in [0.25, 0.3) is 5.24 Å². The molecule has 0 atom stereocenters. The number of para-hydroxylation sites is 1. The third-order valence-electron chi connectivity index (χ3n) is 3.19. The summed E-state index contributed by atoms with van der Waals surface area (Å²) in [6, 6.07) is 13.5. The van der Waals surface area contributed by atoms with Crippen LogP contribution in [0.15, 0.2) is 42.5 Å². The highest BCUT2D eigenvalue weighted by atomic mass is 35.5. The average molecular weight is 302 g/mol. The number of aromatic nitrogens is 1. The molecule has 0 fully saturated rings. The first-order chi connectivity index (χ1) is 9.69. The van der Waals surface area contributed by atoms with E-state index in [4.69, 9.17) is 11.6 Å². The quantitative estimate of drug-likeness (QED) is 0.644. The van der Waals surface area contributed by atoms with Crippen molar-refractivity contribution in [2.45, 2.75) is 13.3 Å². The van der Waals surface area contributed by atoms with Crippen molar-refractivity contribution < 1.29 is 4.79 Å². The summed E-state index contributed by atoms with van der Waals surface area (Å²) < 4.78 is 0. The van der Waals surface area contributed by atoms with E-state index in [0.29, 0.717) is 5.56 Å². The minimum Gasteiger partial charge on any atom is -0.276 e. The van der Waals surface area contributed by atoms with Crippen molar-refractivity contribution in [2.75, 3.05) is 0 Å². The van der Waals surface area contributed by atoms with Crippen molar-refractivity contribution in [3.05, 3.63) is 52.9 Å². The minimum atomic E-state index is -0.447. The predicted octanol–water partition coefficient (Wildman–Crippen LogP) is 4.90. The third kappa shape index (κ3) is 2.35. The van der Waals surface area contributed by atoms with Crippen LogP contribution in [0.25, 0.3) is 21.5 Å². The highest BCUT2D eigenvalue weighted by Gasteiger charge is 2.12. The van der Waals surface area contributed by atoms with Gasteiger partial charge in [-0.25, -0.2) is 4.98 Å². The molecule has 3 rings (SSSR count). The Labute approximate surface area is 126 Å². The molecule has 0 amide bonds. The molecule has 2 heterocycles. The number of hydrogen-bond donors (Lipinski definition) is 0. The van der Waals surface area contributed by atoms with Gasteiger partial charge in [0.05, 0.1) is 16.1 Å². The predicted molar refractivity (Wildman–Crippen MR) is 84.6 cm³/mol. The largest absolute Gasteiger partial charge is 0.276 e. The topological polar surface area (TPSA) is 30.0 Å². The summed E-state index contributed by atoms with van der Waals surface area (Å²) in [7, 11) is 0. The van der Waals surface area contributed by atoms with E-state index in [9.17, 15) is 4.79 Å². The molecule has 0 aliphatic carbocycles. The van der Waals surface area contributed by atoms with Gasteiger partial charge in [0, 0.05) is 15.8 Å². The van der Waals surface area contributed by atoms with Crippen molar-refractivity contribution in [2.24, 2.45) is 0 Å². The fourth-order valence-corrected chi connectivity index (χ4v) is 3.23. The van der Waals surface area contributed by atoms with Gasteiger partial charge in [-0.15, -0.1) is 11.3 Å². The summed E-state index contributed by atoms with van der Waals surface area (Å²) in [6.07, 6.45) is 1.000. The summed E-state index contributed by atoms with van der Waals surface area (Å²) in [4.78, 5) is 18.6. The van der Waals surface area contributed by atoms with E-state index in [1.807, 2.05) is 30.3 Å². The van der Waals surface area contributed by atoms with Gasteiger partial charge >= 0.3 is 0 Å². The molecule has 3 aromatic rings. The average Bonchev–Trinajstić information content (AvgIpc) is 2.95. The Bertz CT molecular complexity index is 794. The first kappa shape index (κ1) is 13.3. The van der Waals surface area contributed by atoms with Gasteiger partial charge in [-0.1, -0.05) is 25.1 Å². The summed E-state index contributed by atoms with van der Waals surface area (Å²) in [6.45, 7) is 2.12. The van der Waals surface area contributed by atoms with Gasteiger partial charge in [0.2, 0.25) is 0 Å². The van der Waals surface area contributed by atoms with Crippen molar-refractivity contribution >= 4 is 39.1 Å². The van der Waals surface area contributed by atoms with E-state index in [-0.39, 0.29) is 0 Å². The number of benzene rings is 1. The number of aryl methyl sites for hydroxylation is 1. The van der Waals surface area contributed by atoms with E-state index in [1.165, 1.54) is 4.88 Å². The molecule has 2 aromatic heterocycles. The van der Waals surface area contributed by atoms with Crippen LogP contribution >= 0.6 is 22.9 Å². The number of fused-ring (bicyclic) bond motifs is 1. The number of pyridine rings is 1. The Balaban J connectivity index is 2.24. The number of nitrogens with zero attached hydrogens (tertiary/aromatic N) is 1. The maximum atomic E-state index is 11.6. The number of hydrogen-bond acceptors (Lipinski definition) is 3. The summed E-state index contributed by atoms with van der Waals surface area (Å²) in [5.41, 5.74) is 2.11. The second kappa shape index (κ2) is 5.35. The molecule has 0 bridgehead atoms. The molecule has 2 nitrogen and oxygen atoms in total. The second-order valence-electron chi connectivity index (χ2n) is 4.47. The molecule has 0 saturated carbocycles. The lowest BCUT2D eigenvalue weighted by atomic mass is 10.1. The first-order valence-electron chi connectivity index (χ1n) is 6.37. The highest BCUT2D eigenvalue weighted by Crippen LogP contribution is 2.30. The molecule has 0 aliphatic rings. The lowest BCUT2D eigenvalue weighted by Gasteiger charge is -2.05. The molecule has 20 heavy (non-hydrogen) atoms. The fourth-order valence-electron chi connectivity index (χ4n) is 2.17. The molecular formula is C16H12ClNOS. The maximum absolute atomic E-state index is 11.6. The fraction of sp³-hybridized carbons (Fsp3) is 0.125. The van der Waals surface area contributed by atoms with Gasteiger partial charge in [-0.05, 0) is 42.3 Å². The third-order valence-corrected chi connectivity index (χ3v) is 4.65.